The molecule has 0 aromatic carbocycles. The molecule has 1 aromatic heterocycles. The number of ether oxygens (including phenoxy) is 1. The van der Waals surface area contributed by atoms with Gasteiger partial charge in [-0.2, -0.15) is 8.78 Å². The number of carbonyl (C=O) groups is 2. The van der Waals surface area contributed by atoms with Gasteiger partial charge in [-0.05, 0) is 42.7 Å². The van der Waals surface area contributed by atoms with Gasteiger partial charge in [0.15, 0.2) is 6.61 Å². The first-order valence-corrected chi connectivity index (χ1v) is 8.71. The summed E-state index contributed by atoms with van der Waals surface area (Å²) < 4.78 is 29.9. The van der Waals surface area contributed by atoms with E-state index in [1.807, 2.05) is 0 Å². The van der Waals surface area contributed by atoms with E-state index in [0.717, 1.165) is 25.7 Å². The number of alkyl halides is 2. The number of nitrogens with zero attached hydrogens (tertiary/aromatic N) is 1. The van der Waals surface area contributed by atoms with Crippen LogP contribution < -0.4 is 5.32 Å². The second-order valence-corrected chi connectivity index (χ2v) is 6.73. The molecule has 0 saturated heterocycles. The summed E-state index contributed by atoms with van der Waals surface area (Å²) in [7, 11) is 0. The summed E-state index contributed by atoms with van der Waals surface area (Å²) in [4.78, 5) is 27.7. The van der Waals surface area contributed by atoms with Gasteiger partial charge in [-0.15, -0.1) is 0 Å². The third kappa shape index (κ3) is 5.43. The van der Waals surface area contributed by atoms with Crippen LogP contribution in [-0.4, -0.2) is 35.3 Å². The Labute approximate surface area is 143 Å². The molecule has 5 nitrogen and oxygen atoms in total. The van der Waals surface area contributed by atoms with Gasteiger partial charge in [0.1, 0.15) is 5.03 Å². The minimum atomic E-state index is -2.69. The number of nitrogens with one attached hydrogen (secondary N) is 1. The molecule has 1 aromatic rings. The van der Waals surface area contributed by atoms with E-state index in [0.29, 0.717) is 5.92 Å². The Balaban J connectivity index is 1.87. The number of amides is 1. The Bertz CT molecular complexity index is 586. The molecule has 24 heavy (non-hydrogen) atoms. The third-order valence-corrected chi connectivity index (χ3v) is 4.71. The smallest absolute Gasteiger partial charge is 0.341 e. The van der Waals surface area contributed by atoms with Gasteiger partial charge in [-0.1, -0.05) is 19.8 Å². The van der Waals surface area contributed by atoms with Crippen LogP contribution in [-0.2, 0) is 9.53 Å². The summed E-state index contributed by atoms with van der Waals surface area (Å²) >= 11 is 0.171. The van der Waals surface area contributed by atoms with E-state index in [9.17, 15) is 18.4 Å². The molecule has 8 heteroatoms. The van der Waals surface area contributed by atoms with Crippen LogP contribution in [0.15, 0.2) is 23.4 Å². The number of carbonyl (C=O) groups excluding carboxylic acids is 2. The van der Waals surface area contributed by atoms with E-state index in [4.69, 9.17) is 4.74 Å². The Hall–Kier alpha value is -1.70. The van der Waals surface area contributed by atoms with Gasteiger partial charge < -0.3 is 10.1 Å². The highest BCUT2D eigenvalue weighted by Crippen LogP contribution is 2.27. The molecule has 1 aliphatic carbocycles. The van der Waals surface area contributed by atoms with Crippen LogP contribution in [0.2, 0.25) is 0 Å². The minimum absolute atomic E-state index is 0.0679. The average Bonchev–Trinajstić information content (AvgIpc) is 2.55. The van der Waals surface area contributed by atoms with E-state index in [-0.39, 0.29) is 34.3 Å². The van der Waals surface area contributed by atoms with Crippen molar-refractivity contribution in [1.29, 1.82) is 0 Å². The van der Waals surface area contributed by atoms with Crippen molar-refractivity contribution in [2.24, 2.45) is 5.92 Å². The molecule has 1 fully saturated rings. The standard InChI is InChI=1S/C16H20F2N2O3S/c1-10-5-2-3-7-12(10)20-13(21)9-23-15(22)11-6-4-8-19-14(11)24-16(17)18/h4,6,8,10,12,16H,2-3,5,7,9H2,1H3,(H,20,21)/t10-,12-/m0/s1. The summed E-state index contributed by atoms with van der Waals surface area (Å²) in [6.07, 6.45) is 5.53. The quantitative estimate of drug-likeness (QED) is 0.624. The molecule has 1 N–H and O–H groups in total. The molecule has 0 radical (unpaired) electrons. The molecule has 0 aliphatic heterocycles. The van der Waals surface area contributed by atoms with Gasteiger partial charge in [-0.3, -0.25) is 4.79 Å². The molecule has 1 amide bonds. The van der Waals surface area contributed by atoms with E-state index in [1.54, 1.807) is 0 Å². The van der Waals surface area contributed by atoms with Gasteiger partial charge in [0, 0.05) is 12.2 Å². The van der Waals surface area contributed by atoms with Gasteiger partial charge >= 0.3 is 5.97 Å². The highest BCUT2D eigenvalue weighted by molar-refractivity contribution is 7.99. The van der Waals surface area contributed by atoms with Crippen molar-refractivity contribution in [1.82, 2.24) is 10.3 Å². The lowest BCUT2D eigenvalue weighted by Crippen LogP contribution is -2.42. The van der Waals surface area contributed by atoms with Crippen molar-refractivity contribution in [2.45, 2.75) is 49.4 Å². The summed E-state index contributed by atoms with van der Waals surface area (Å²) in [5, 5.41) is 2.75. The zero-order chi connectivity index (χ0) is 17.5. The van der Waals surface area contributed by atoms with Crippen molar-refractivity contribution in [2.75, 3.05) is 6.61 Å². The van der Waals surface area contributed by atoms with Crippen LogP contribution in [0.25, 0.3) is 0 Å². The maximum atomic E-state index is 12.5. The van der Waals surface area contributed by atoms with E-state index >= 15 is 0 Å². The lowest BCUT2D eigenvalue weighted by Gasteiger charge is -2.29. The van der Waals surface area contributed by atoms with Gasteiger partial charge in [0.05, 0.1) is 5.56 Å². The van der Waals surface area contributed by atoms with Crippen LogP contribution in [0, 0.1) is 5.92 Å². The Kier molecular flexibility index (Phi) is 6.96. The summed E-state index contributed by atoms with van der Waals surface area (Å²) in [5.41, 5.74) is -0.0679. The first-order chi connectivity index (χ1) is 11.5. The number of esters is 1. The van der Waals surface area contributed by atoms with Crippen LogP contribution in [0.5, 0.6) is 0 Å². The van der Waals surface area contributed by atoms with E-state index in [1.165, 1.54) is 18.3 Å². The van der Waals surface area contributed by atoms with Gasteiger partial charge in [0.2, 0.25) is 0 Å². The van der Waals surface area contributed by atoms with Gasteiger partial charge in [0.25, 0.3) is 11.7 Å². The number of rotatable bonds is 6. The number of pyridine rings is 1. The first-order valence-electron chi connectivity index (χ1n) is 7.83. The molecule has 2 rings (SSSR count). The molecule has 0 unspecified atom stereocenters. The number of halogens is 2. The van der Waals surface area contributed by atoms with Crippen LogP contribution in [0.4, 0.5) is 8.78 Å². The molecule has 0 spiro atoms. The topological polar surface area (TPSA) is 68.3 Å². The van der Waals surface area contributed by atoms with Gasteiger partial charge in [-0.25, -0.2) is 9.78 Å². The minimum Gasteiger partial charge on any atom is -0.452 e. The fourth-order valence-corrected chi connectivity index (χ4v) is 3.28. The monoisotopic (exact) mass is 358 g/mol. The number of hydrogen-bond donors (Lipinski definition) is 1. The molecular weight excluding hydrogens is 338 g/mol. The molecule has 0 bridgehead atoms. The maximum absolute atomic E-state index is 12.5. The fraction of sp³-hybridized carbons (Fsp3) is 0.562. The summed E-state index contributed by atoms with van der Waals surface area (Å²) in [6.45, 7) is 1.65. The Morgan fingerprint density at radius 1 is 1.42 bits per heavy atom. The van der Waals surface area contributed by atoms with Crippen LogP contribution >= 0.6 is 11.8 Å². The highest BCUT2D eigenvalue weighted by atomic mass is 32.2. The normalized spacial score (nSPS) is 20.7. The molecule has 1 heterocycles. The summed E-state index contributed by atoms with van der Waals surface area (Å²) in [5.74, 6) is -3.51. The zero-order valence-corrected chi connectivity index (χ0v) is 14.2. The largest absolute Gasteiger partial charge is 0.452 e. The number of hydrogen-bond acceptors (Lipinski definition) is 5. The maximum Gasteiger partial charge on any atom is 0.341 e. The fourth-order valence-electron chi connectivity index (χ4n) is 2.71. The predicted octanol–water partition coefficient (Wildman–Crippen LogP) is 3.25. The third-order valence-electron chi connectivity index (χ3n) is 3.98. The van der Waals surface area contributed by atoms with Crippen LogP contribution in [0.3, 0.4) is 0 Å². The number of aromatic nitrogens is 1. The summed E-state index contributed by atoms with van der Waals surface area (Å²) in [6, 6.07) is 2.89. The SMILES string of the molecule is C[C@H]1CCCC[C@@H]1NC(=O)COC(=O)c1cccnc1SC(F)F. The zero-order valence-electron chi connectivity index (χ0n) is 13.3. The Morgan fingerprint density at radius 2 is 2.17 bits per heavy atom. The Morgan fingerprint density at radius 3 is 2.88 bits per heavy atom. The second-order valence-electron chi connectivity index (χ2n) is 5.75. The van der Waals surface area contributed by atoms with Crippen molar-refractivity contribution >= 4 is 23.6 Å². The predicted molar refractivity (Wildman–Crippen MR) is 85.9 cm³/mol. The molecular formula is C16H20F2N2O3S. The molecule has 1 saturated carbocycles. The van der Waals surface area contributed by atoms with Crippen molar-refractivity contribution in [3.05, 3.63) is 23.9 Å². The average molecular weight is 358 g/mol. The van der Waals surface area contributed by atoms with E-state index < -0.39 is 18.3 Å². The van der Waals surface area contributed by atoms with Crippen LogP contribution in [0.1, 0.15) is 43.0 Å². The second kappa shape index (κ2) is 8.96. The molecule has 132 valence electrons. The highest BCUT2D eigenvalue weighted by Gasteiger charge is 2.24. The number of thioether (sulfide) groups is 1. The molecule has 1 aliphatic rings. The van der Waals surface area contributed by atoms with E-state index in [2.05, 4.69) is 17.2 Å². The van der Waals surface area contributed by atoms with Crippen molar-refractivity contribution in [3.63, 3.8) is 0 Å². The lowest BCUT2D eigenvalue weighted by atomic mass is 9.86. The first kappa shape index (κ1) is 18.6. The van der Waals surface area contributed by atoms with Crippen molar-refractivity contribution < 1.29 is 23.1 Å². The van der Waals surface area contributed by atoms with Crippen molar-refractivity contribution in [3.8, 4) is 0 Å². The lowest BCUT2D eigenvalue weighted by molar-refractivity contribution is -0.125. The molecule has 2 atom stereocenters.